The van der Waals surface area contributed by atoms with Gasteiger partial charge in [-0.05, 0) is 32.9 Å². The number of carbonyl (C=O) groups is 2. The topological polar surface area (TPSA) is 84.9 Å². The van der Waals surface area contributed by atoms with Crippen LogP contribution in [-0.2, 0) is 14.3 Å². The van der Waals surface area contributed by atoms with Gasteiger partial charge in [0.05, 0.1) is 5.60 Å². The van der Waals surface area contributed by atoms with Crippen LogP contribution in [0.2, 0.25) is 0 Å². The monoisotopic (exact) mass is 281 g/mol. The van der Waals surface area contributed by atoms with Crippen LogP contribution in [0.1, 0.15) is 20.8 Å². The number of hydrogen-bond acceptors (Lipinski definition) is 4. The molecule has 2 N–H and O–H groups in total. The second kappa shape index (κ2) is 6.91. The van der Waals surface area contributed by atoms with Crippen molar-refractivity contribution in [1.29, 1.82) is 0 Å². The molecule has 0 heterocycles. The number of benzene rings is 1. The van der Waals surface area contributed by atoms with E-state index in [0.29, 0.717) is 11.4 Å². The molecular formula is C14H19NO5. The first kappa shape index (κ1) is 16.0. The molecule has 1 aromatic rings. The van der Waals surface area contributed by atoms with Crippen LogP contribution >= 0.6 is 0 Å². The van der Waals surface area contributed by atoms with E-state index in [1.165, 1.54) is 0 Å². The van der Waals surface area contributed by atoms with Crippen molar-refractivity contribution in [2.45, 2.75) is 26.4 Å². The lowest BCUT2D eigenvalue weighted by atomic mass is 10.2. The zero-order valence-electron chi connectivity index (χ0n) is 11.8. The number of ether oxygens (including phenoxy) is 2. The van der Waals surface area contributed by atoms with Gasteiger partial charge in [0.25, 0.3) is 0 Å². The summed E-state index contributed by atoms with van der Waals surface area (Å²) in [5.74, 6) is -0.963. The van der Waals surface area contributed by atoms with Crippen LogP contribution < -0.4 is 10.1 Å². The number of hydrogen-bond donors (Lipinski definition) is 2. The number of aliphatic carboxylic acids is 1. The van der Waals surface area contributed by atoms with Gasteiger partial charge in [0.2, 0.25) is 5.91 Å². The Bertz CT molecular complexity index is 479. The molecule has 20 heavy (non-hydrogen) atoms. The summed E-state index contributed by atoms with van der Waals surface area (Å²) in [4.78, 5) is 22.1. The normalized spacial score (nSPS) is 10.9. The van der Waals surface area contributed by atoms with Gasteiger partial charge in [0.15, 0.2) is 6.61 Å². The maximum Gasteiger partial charge on any atom is 0.341 e. The molecule has 0 spiro atoms. The molecule has 0 aliphatic carbocycles. The van der Waals surface area contributed by atoms with Gasteiger partial charge in [-0.1, -0.05) is 6.07 Å². The summed E-state index contributed by atoms with van der Waals surface area (Å²) in [6, 6.07) is 6.52. The first-order valence-electron chi connectivity index (χ1n) is 6.15. The maximum atomic E-state index is 11.7. The highest BCUT2D eigenvalue weighted by molar-refractivity contribution is 5.91. The minimum absolute atomic E-state index is 0.0519. The number of amides is 1. The Labute approximate surface area is 117 Å². The molecule has 0 saturated heterocycles. The summed E-state index contributed by atoms with van der Waals surface area (Å²) in [6.45, 7) is 5.11. The predicted molar refractivity (Wildman–Crippen MR) is 73.9 cm³/mol. The van der Waals surface area contributed by atoms with E-state index in [1.54, 1.807) is 24.3 Å². The first-order valence-corrected chi connectivity index (χ1v) is 6.15. The van der Waals surface area contributed by atoms with Crippen LogP contribution in [0, 0.1) is 0 Å². The Morgan fingerprint density at radius 2 is 1.95 bits per heavy atom. The Hall–Kier alpha value is -2.08. The smallest absolute Gasteiger partial charge is 0.341 e. The number of rotatable bonds is 6. The summed E-state index contributed by atoms with van der Waals surface area (Å²) >= 11 is 0. The highest BCUT2D eigenvalue weighted by Gasteiger charge is 2.13. The standard InChI is InChI=1S/C14H19NO5/c1-14(2,3)20-8-12(16)15-10-5-4-6-11(7-10)19-9-13(17)18/h4-7H,8-9H2,1-3H3,(H,15,16)(H,17,18). The molecule has 0 radical (unpaired) electrons. The van der Waals surface area contributed by atoms with E-state index in [9.17, 15) is 9.59 Å². The van der Waals surface area contributed by atoms with Crippen molar-refractivity contribution in [2.75, 3.05) is 18.5 Å². The van der Waals surface area contributed by atoms with Crippen molar-refractivity contribution in [3.8, 4) is 5.75 Å². The summed E-state index contributed by atoms with van der Waals surface area (Å²) in [5.41, 5.74) is 0.138. The maximum absolute atomic E-state index is 11.7. The van der Waals surface area contributed by atoms with Gasteiger partial charge in [0.1, 0.15) is 12.4 Å². The van der Waals surface area contributed by atoms with Gasteiger partial charge >= 0.3 is 5.97 Å². The number of anilines is 1. The molecule has 0 aliphatic rings. The third-order valence-electron chi connectivity index (χ3n) is 2.12. The van der Waals surface area contributed by atoms with E-state index in [4.69, 9.17) is 14.6 Å². The van der Waals surface area contributed by atoms with E-state index >= 15 is 0 Å². The number of nitrogens with one attached hydrogen (secondary N) is 1. The second-order valence-corrected chi connectivity index (χ2v) is 5.16. The molecule has 1 amide bonds. The minimum Gasteiger partial charge on any atom is -0.482 e. The van der Waals surface area contributed by atoms with Gasteiger partial charge in [-0.3, -0.25) is 4.79 Å². The highest BCUT2D eigenvalue weighted by atomic mass is 16.5. The zero-order valence-corrected chi connectivity index (χ0v) is 11.8. The molecule has 0 atom stereocenters. The molecule has 6 nitrogen and oxygen atoms in total. The molecule has 0 saturated carbocycles. The van der Waals surface area contributed by atoms with Crippen LogP contribution in [0.15, 0.2) is 24.3 Å². The molecule has 0 unspecified atom stereocenters. The van der Waals surface area contributed by atoms with Crippen LogP contribution in [-0.4, -0.2) is 35.8 Å². The van der Waals surface area contributed by atoms with E-state index in [2.05, 4.69) is 5.32 Å². The van der Waals surface area contributed by atoms with E-state index in [-0.39, 0.29) is 18.1 Å². The molecule has 6 heteroatoms. The number of carbonyl (C=O) groups excluding carboxylic acids is 1. The average molecular weight is 281 g/mol. The Morgan fingerprint density at radius 3 is 2.55 bits per heavy atom. The fourth-order valence-electron chi connectivity index (χ4n) is 1.29. The number of carboxylic acids is 1. The molecule has 0 aliphatic heterocycles. The van der Waals surface area contributed by atoms with Crippen molar-refractivity contribution >= 4 is 17.6 Å². The molecule has 110 valence electrons. The third-order valence-corrected chi connectivity index (χ3v) is 2.12. The van der Waals surface area contributed by atoms with Crippen LogP contribution in [0.25, 0.3) is 0 Å². The minimum atomic E-state index is -1.06. The van der Waals surface area contributed by atoms with Gasteiger partial charge in [-0.2, -0.15) is 0 Å². The van der Waals surface area contributed by atoms with Gasteiger partial charge in [0, 0.05) is 11.8 Å². The van der Waals surface area contributed by atoms with Crippen molar-refractivity contribution in [3.63, 3.8) is 0 Å². The third kappa shape index (κ3) is 6.75. The predicted octanol–water partition coefficient (Wildman–Crippen LogP) is 1.90. The van der Waals surface area contributed by atoms with Crippen LogP contribution in [0.5, 0.6) is 5.75 Å². The Morgan fingerprint density at radius 1 is 1.25 bits per heavy atom. The summed E-state index contributed by atoms with van der Waals surface area (Å²) < 4.78 is 10.4. The van der Waals surface area contributed by atoms with Crippen molar-refractivity contribution in [1.82, 2.24) is 0 Å². The molecular weight excluding hydrogens is 262 g/mol. The van der Waals surface area contributed by atoms with E-state index < -0.39 is 12.6 Å². The molecule has 1 rings (SSSR count). The fraction of sp³-hybridized carbons (Fsp3) is 0.429. The lowest BCUT2D eigenvalue weighted by molar-refractivity contribution is -0.139. The second-order valence-electron chi connectivity index (χ2n) is 5.16. The molecule has 0 bridgehead atoms. The van der Waals surface area contributed by atoms with Gasteiger partial charge in [-0.25, -0.2) is 4.79 Å². The lowest BCUT2D eigenvalue weighted by Gasteiger charge is -2.19. The van der Waals surface area contributed by atoms with Crippen molar-refractivity contribution in [2.24, 2.45) is 0 Å². The van der Waals surface area contributed by atoms with Gasteiger partial charge < -0.3 is 19.9 Å². The van der Waals surface area contributed by atoms with E-state index in [0.717, 1.165) is 0 Å². The largest absolute Gasteiger partial charge is 0.482 e. The summed E-state index contributed by atoms with van der Waals surface area (Å²) in [5, 5.41) is 11.2. The van der Waals surface area contributed by atoms with Crippen molar-refractivity contribution < 1.29 is 24.2 Å². The molecule has 1 aromatic carbocycles. The lowest BCUT2D eigenvalue weighted by Crippen LogP contribution is -2.27. The zero-order chi connectivity index (χ0) is 15.2. The van der Waals surface area contributed by atoms with Crippen LogP contribution in [0.3, 0.4) is 0 Å². The van der Waals surface area contributed by atoms with E-state index in [1.807, 2.05) is 20.8 Å². The fourth-order valence-corrected chi connectivity index (χ4v) is 1.29. The molecule has 0 fully saturated rings. The SMILES string of the molecule is CC(C)(C)OCC(=O)Nc1cccc(OCC(=O)O)c1. The Kier molecular flexibility index (Phi) is 5.52. The first-order chi connectivity index (χ1) is 9.26. The average Bonchev–Trinajstić information content (AvgIpc) is 2.34. The van der Waals surface area contributed by atoms with Crippen LogP contribution in [0.4, 0.5) is 5.69 Å². The summed E-state index contributed by atoms with van der Waals surface area (Å²) in [7, 11) is 0. The highest BCUT2D eigenvalue weighted by Crippen LogP contribution is 2.17. The molecule has 0 aromatic heterocycles. The van der Waals surface area contributed by atoms with Crippen molar-refractivity contribution in [3.05, 3.63) is 24.3 Å². The summed E-state index contributed by atoms with van der Waals surface area (Å²) in [6.07, 6.45) is 0. The Balaban J connectivity index is 2.53. The van der Waals surface area contributed by atoms with Gasteiger partial charge in [-0.15, -0.1) is 0 Å². The number of carboxylic acid groups (broad SMARTS) is 1. The quantitative estimate of drug-likeness (QED) is 0.832.